The Morgan fingerprint density at radius 3 is 2.65 bits per heavy atom. The van der Waals surface area contributed by atoms with E-state index < -0.39 is 25.0 Å². The molecule has 0 heterocycles. The zero-order valence-electron chi connectivity index (χ0n) is 11.6. The average Bonchev–Trinajstić information content (AvgIpc) is 2.43. The monoisotopic (exact) mass is 288 g/mol. The van der Waals surface area contributed by atoms with Crippen molar-refractivity contribution < 1.29 is 23.0 Å². The van der Waals surface area contributed by atoms with Gasteiger partial charge in [0.1, 0.15) is 18.2 Å². The molecule has 0 radical (unpaired) electrons. The van der Waals surface area contributed by atoms with Crippen LogP contribution in [-0.2, 0) is 0 Å². The molecular weight excluding hydrogens is 269 g/mol. The highest BCUT2D eigenvalue weighted by Crippen LogP contribution is 2.21. The Kier molecular flexibility index (Phi) is 6.07. The molecule has 1 atom stereocenters. The molecule has 0 bridgehead atoms. The molecule has 0 amide bonds. The lowest BCUT2D eigenvalue weighted by atomic mass is 10.1. The van der Waals surface area contributed by atoms with Crippen LogP contribution < -0.4 is 4.74 Å². The van der Waals surface area contributed by atoms with Crippen LogP contribution in [0.1, 0.15) is 25.8 Å². The summed E-state index contributed by atoms with van der Waals surface area (Å²) in [7, 11) is 0. The fourth-order valence-electron chi connectivity index (χ4n) is 1.37. The Bertz CT molecular complexity index is 458. The molecule has 0 spiro atoms. The number of hydrogen-bond acceptors (Lipinski definition) is 2. The third kappa shape index (κ3) is 5.25. The van der Waals surface area contributed by atoms with E-state index in [0.717, 1.165) is 12.5 Å². The second-order valence-electron chi connectivity index (χ2n) is 4.73. The quantitative estimate of drug-likeness (QED) is 0.824. The van der Waals surface area contributed by atoms with Gasteiger partial charge >= 0.3 is 5.92 Å². The summed E-state index contributed by atoms with van der Waals surface area (Å²) >= 11 is 0. The number of allylic oxidation sites excluding steroid dienone is 1. The smallest absolute Gasteiger partial charge is 0.303 e. The molecule has 0 saturated carbocycles. The van der Waals surface area contributed by atoms with Crippen molar-refractivity contribution in [2.24, 2.45) is 5.92 Å². The van der Waals surface area contributed by atoms with Gasteiger partial charge in [0.15, 0.2) is 6.61 Å². The van der Waals surface area contributed by atoms with Crippen LogP contribution in [0.4, 0.5) is 13.2 Å². The van der Waals surface area contributed by atoms with Crippen LogP contribution in [0.3, 0.4) is 0 Å². The van der Waals surface area contributed by atoms with Crippen molar-refractivity contribution in [1.82, 2.24) is 0 Å². The fourth-order valence-corrected chi connectivity index (χ4v) is 1.37. The van der Waals surface area contributed by atoms with Gasteiger partial charge in [0.2, 0.25) is 0 Å². The molecule has 1 N–H and O–H groups in total. The van der Waals surface area contributed by atoms with E-state index in [2.05, 4.69) is 0 Å². The Morgan fingerprint density at radius 2 is 2.10 bits per heavy atom. The van der Waals surface area contributed by atoms with E-state index in [-0.39, 0.29) is 5.75 Å². The van der Waals surface area contributed by atoms with Crippen LogP contribution in [0.2, 0.25) is 0 Å². The second-order valence-corrected chi connectivity index (χ2v) is 4.73. The summed E-state index contributed by atoms with van der Waals surface area (Å²) in [5, 5.41) is 8.40. The third-order valence-electron chi connectivity index (χ3n) is 2.90. The van der Waals surface area contributed by atoms with E-state index in [1.54, 1.807) is 6.08 Å². The first-order valence-electron chi connectivity index (χ1n) is 6.47. The highest BCUT2D eigenvalue weighted by atomic mass is 19.3. The van der Waals surface area contributed by atoms with Gasteiger partial charge in [0, 0.05) is 11.6 Å². The summed E-state index contributed by atoms with van der Waals surface area (Å²) in [4.78, 5) is 0. The number of alkyl halides is 2. The minimum absolute atomic E-state index is 0.0105. The number of rotatable bonds is 7. The summed E-state index contributed by atoms with van der Waals surface area (Å²) in [6, 6.07) is 3.96. The SMILES string of the molecule is CC[C@@H](C)/C=C\c1ccc(OCC(F)(F)CO)cc1F. The minimum atomic E-state index is -3.33. The highest BCUT2D eigenvalue weighted by Gasteiger charge is 2.28. The van der Waals surface area contributed by atoms with E-state index in [0.29, 0.717) is 11.5 Å². The summed E-state index contributed by atoms with van der Waals surface area (Å²) in [6.07, 6.45) is 4.50. The summed E-state index contributed by atoms with van der Waals surface area (Å²) in [5.41, 5.74) is 0.381. The molecule has 0 fully saturated rings. The molecule has 0 aromatic heterocycles. The third-order valence-corrected chi connectivity index (χ3v) is 2.90. The Labute approximate surface area is 116 Å². The van der Waals surface area contributed by atoms with E-state index >= 15 is 0 Å². The van der Waals surface area contributed by atoms with Crippen LogP contribution in [-0.4, -0.2) is 24.2 Å². The number of benzene rings is 1. The number of hydrogen-bond donors (Lipinski definition) is 1. The Balaban J connectivity index is 2.71. The van der Waals surface area contributed by atoms with Crippen LogP contribution in [0, 0.1) is 11.7 Å². The van der Waals surface area contributed by atoms with Gasteiger partial charge in [-0.05, 0) is 18.1 Å². The predicted octanol–water partition coefficient (Wildman–Crippen LogP) is 3.89. The number of ether oxygens (including phenoxy) is 1. The van der Waals surface area contributed by atoms with Crippen molar-refractivity contribution in [3.8, 4) is 5.75 Å². The lowest BCUT2D eigenvalue weighted by Gasteiger charge is -2.14. The second kappa shape index (κ2) is 7.33. The van der Waals surface area contributed by atoms with Crippen molar-refractivity contribution >= 4 is 6.08 Å². The molecule has 2 nitrogen and oxygen atoms in total. The van der Waals surface area contributed by atoms with Gasteiger partial charge in [-0.1, -0.05) is 32.4 Å². The Hall–Kier alpha value is -1.49. The molecule has 0 unspecified atom stereocenters. The molecule has 5 heteroatoms. The van der Waals surface area contributed by atoms with Gasteiger partial charge in [-0.3, -0.25) is 0 Å². The maximum absolute atomic E-state index is 13.7. The van der Waals surface area contributed by atoms with Crippen molar-refractivity contribution in [3.05, 3.63) is 35.7 Å². The van der Waals surface area contributed by atoms with Gasteiger partial charge in [-0.15, -0.1) is 0 Å². The molecule has 0 aliphatic heterocycles. The first kappa shape index (κ1) is 16.6. The van der Waals surface area contributed by atoms with Crippen molar-refractivity contribution in [1.29, 1.82) is 0 Å². The predicted molar refractivity (Wildman–Crippen MR) is 72.4 cm³/mol. The lowest BCUT2D eigenvalue weighted by Crippen LogP contribution is -2.29. The maximum Gasteiger partial charge on any atom is 0.303 e. The van der Waals surface area contributed by atoms with Gasteiger partial charge < -0.3 is 9.84 Å². The lowest BCUT2D eigenvalue weighted by molar-refractivity contribution is -0.0801. The van der Waals surface area contributed by atoms with Gasteiger partial charge in [-0.2, -0.15) is 0 Å². The molecule has 0 aliphatic carbocycles. The highest BCUT2D eigenvalue weighted by molar-refractivity contribution is 5.51. The zero-order valence-corrected chi connectivity index (χ0v) is 11.6. The molecule has 0 saturated heterocycles. The molecular formula is C15H19F3O2. The normalized spacial score (nSPS) is 13.7. The molecule has 20 heavy (non-hydrogen) atoms. The topological polar surface area (TPSA) is 29.5 Å². The first-order valence-corrected chi connectivity index (χ1v) is 6.47. The van der Waals surface area contributed by atoms with E-state index in [9.17, 15) is 13.2 Å². The van der Waals surface area contributed by atoms with E-state index in [1.165, 1.54) is 12.1 Å². The van der Waals surface area contributed by atoms with Crippen molar-refractivity contribution in [3.63, 3.8) is 0 Å². The van der Waals surface area contributed by atoms with Crippen LogP contribution in [0.15, 0.2) is 24.3 Å². The summed E-state index contributed by atoms with van der Waals surface area (Å²) < 4.78 is 44.1. The maximum atomic E-state index is 13.7. The summed E-state index contributed by atoms with van der Waals surface area (Å²) in [6.45, 7) is 1.77. The van der Waals surface area contributed by atoms with Crippen LogP contribution in [0.5, 0.6) is 5.75 Å². The van der Waals surface area contributed by atoms with Crippen molar-refractivity contribution in [2.45, 2.75) is 26.2 Å². The molecule has 0 aliphatic rings. The van der Waals surface area contributed by atoms with E-state index in [1.807, 2.05) is 19.9 Å². The van der Waals surface area contributed by atoms with Gasteiger partial charge in [0.05, 0.1) is 0 Å². The van der Waals surface area contributed by atoms with Crippen LogP contribution >= 0.6 is 0 Å². The van der Waals surface area contributed by atoms with Gasteiger partial charge in [-0.25, -0.2) is 13.2 Å². The van der Waals surface area contributed by atoms with E-state index in [4.69, 9.17) is 9.84 Å². The largest absolute Gasteiger partial charge is 0.487 e. The number of aliphatic hydroxyl groups excluding tert-OH is 1. The first-order chi connectivity index (χ1) is 9.38. The van der Waals surface area contributed by atoms with Crippen LogP contribution in [0.25, 0.3) is 6.08 Å². The standard InChI is InChI=1S/C15H19F3O2/c1-3-11(2)4-5-12-6-7-13(8-14(12)16)20-10-15(17,18)9-19/h4-8,11,19H,3,9-10H2,1-2H3/b5-4-/t11-/m1/s1. The average molecular weight is 288 g/mol. The molecule has 1 rings (SSSR count). The zero-order chi connectivity index (χ0) is 15.2. The van der Waals surface area contributed by atoms with Gasteiger partial charge in [0.25, 0.3) is 0 Å². The number of aliphatic hydroxyl groups is 1. The minimum Gasteiger partial charge on any atom is -0.487 e. The van der Waals surface area contributed by atoms with Crippen molar-refractivity contribution in [2.75, 3.05) is 13.2 Å². The Morgan fingerprint density at radius 1 is 1.40 bits per heavy atom. The number of halogens is 3. The molecule has 1 aromatic rings. The fraction of sp³-hybridized carbons (Fsp3) is 0.467. The molecule has 112 valence electrons. The molecule has 1 aromatic carbocycles. The summed E-state index contributed by atoms with van der Waals surface area (Å²) in [5.74, 6) is -3.51.